The molecule has 1 aromatic carbocycles. The number of hydrogen-bond donors (Lipinski definition) is 1. The molecule has 0 amide bonds. The smallest absolute Gasteiger partial charge is 0.165 e. The van der Waals surface area contributed by atoms with E-state index in [0.29, 0.717) is 13.0 Å². The first kappa shape index (κ1) is 10.6. The molecule has 0 fully saturated rings. The van der Waals surface area contributed by atoms with Crippen molar-refractivity contribution in [2.24, 2.45) is 5.73 Å². The fraction of sp³-hybridized carbons (Fsp3) is 0.273. The van der Waals surface area contributed by atoms with Crippen molar-refractivity contribution in [2.75, 3.05) is 13.7 Å². The Balaban J connectivity index is 2.86. The molecule has 0 aliphatic heterocycles. The molecule has 0 atom stereocenters. The second-order valence-electron chi connectivity index (χ2n) is 2.69. The van der Waals surface area contributed by atoms with Crippen molar-refractivity contribution in [3.63, 3.8) is 0 Å². The summed E-state index contributed by atoms with van der Waals surface area (Å²) in [5.74, 6) is 5.57. The summed E-state index contributed by atoms with van der Waals surface area (Å²) in [6.07, 6.45) is 0.639. The van der Waals surface area contributed by atoms with Gasteiger partial charge in [-0.25, -0.2) is 4.39 Å². The van der Waals surface area contributed by atoms with E-state index in [4.69, 9.17) is 10.5 Å². The van der Waals surface area contributed by atoms with Gasteiger partial charge in [-0.3, -0.25) is 0 Å². The van der Waals surface area contributed by atoms with Gasteiger partial charge < -0.3 is 10.5 Å². The zero-order valence-corrected chi connectivity index (χ0v) is 8.01. The molecule has 0 radical (unpaired) electrons. The number of hydrogen-bond acceptors (Lipinski definition) is 2. The van der Waals surface area contributed by atoms with Crippen LogP contribution in [0.2, 0.25) is 0 Å². The maximum Gasteiger partial charge on any atom is 0.165 e. The van der Waals surface area contributed by atoms with Crippen molar-refractivity contribution >= 4 is 0 Å². The van der Waals surface area contributed by atoms with Crippen molar-refractivity contribution in [2.45, 2.75) is 6.42 Å². The SMILES string of the molecule is COc1cc(C#CCCN)ccc1F. The molecular formula is C11H12FNO. The predicted octanol–water partition coefficient (Wildman–Crippen LogP) is 1.53. The van der Waals surface area contributed by atoms with E-state index in [1.165, 1.54) is 13.2 Å². The predicted molar refractivity (Wildman–Crippen MR) is 53.5 cm³/mol. The molecule has 0 aromatic heterocycles. The van der Waals surface area contributed by atoms with Crippen molar-refractivity contribution in [1.29, 1.82) is 0 Å². The first-order chi connectivity index (χ1) is 6.77. The van der Waals surface area contributed by atoms with E-state index in [1.807, 2.05) is 0 Å². The van der Waals surface area contributed by atoms with Crippen LogP contribution in [-0.4, -0.2) is 13.7 Å². The van der Waals surface area contributed by atoms with Gasteiger partial charge in [0.2, 0.25) is 0 Å². The second-order valence-corrected chi connectivity index (χ2v) is 2.69. The van der Waals surface area contributed by atoms with Crippen LogP contribution in [0.4, 0.5) is 4.39 Å². The third-order valence-electron chi connectivity index (χ3n) is 1.65. The van der Waals surface area contributed by atoms with Gasteiger partial charge >= 0.3 is 0 Å². The number of methoxy groups -OCH3 is 1. The second kappa shape index (κ2) is 5.25. The van der Waals surface area contributed by atoms with E-state index in [2.05, 4.69) is 11.8 Å². The van der Waals surface area contributed by atoms with Crippen LogP contribution >= 0.6 is 0 Å². The van der Waals surface area contributed by atoms with Crippen LogP contribution in [0.1, 0.15) is 12.0 Å². The van der Waals surface area contributed by atoms with Gasteiger partial charge in [0.25, 0.3) is 0 Å². The summed E-state index contributed by atoms with van der Waals surface area (Å²) in [7, 11) is 1.43. The molecule has 2 N–H and O–H groups in total. The van der Waals surface area contributed by atoms with Crippen LogP contribution in [0.25, 0.3) is 0 Å². The monoisotopic (exact) mass is 193 g/mol. The van der Waals surface area contributed by atoms with Gasteiger partial charge in [-0.05, 0) is 18.2 Å². The molecule has 1 aromatic rings. The van der Waals surface area contributed by atoms with Crippen molar-refractivity contribution in [3.05, 3.63) is 29.6 Å². The minimum Gasteiger partial charge on any atom is -0.494 e. The quantitative estimate of drug-likeness (QED) is 0.723. The Hall–Kier alpha value is -1.53. The Morgan fingerprint density at radius 3 is 2.93 bits per heavy atom. The highest BCUT2D eigenvalue weighted by Gasteiger charge is 2.00. The van der Waals surface area contributed by atoms with E-state index in [9.17, 15) is 4.39 Å². The normalized spacial score (nSPS) is 9.07. The van der Waals surface area contributed by atoms with Crippen LogP contribution < -0.4 is 10.5 Å². The number of benzene rings is 1. The molecule has 0 saturated carbocycles. The largest absolute Gasteiger partial charge is 0.494 e. The van der Waals surface area contributed by atoms with E-state index in [1.54, 1.807) is 12.1 Å². The molecule has 1 rings (SSSR count). The average Bonchev–Trinajstić information content (AvgIpc) is 2.21. The molecule has 0 heterocycles. The van der Waals surface area contributed by atoms with E-state index in [-0.39, 0.29) is 11.6 Å². The van der Waals surface area contributed by atoms with Gasteiger partial charge in [-0.2, -0.15) is 0 Å². The highest BCUT2D eigenvalue weighted by Crippen LogP contribution is 2.17. The molecule has 2 nitrogen and oxygen atoms in total. The van der Waals surface area contributed by atoms with Gasteiger partial charge in [-0.1, -0.05) is 11.8 Å². The summed E-state index contributed by atoms with van der Waals surface area (Å²) in [6, 6.07) is 4.52. The summed E-state index contributed by atoms with van der Waals surface area (Å²) in [6.45, 7) is 0.533. The van der Waals surface area contributed by atoms with Crippen molar-refractivity contribution in [1.82, 2.24) is 0 Å². The minimum absolute atomic E-state index is 0.213. The van der Waals surface area contributed by atoms with E-state index >= 15 is 0 Å². The third kappa shape index (κ3) is 2.75. The zero-order valence-electron chi connectivity index (χ0n) is 8.01. The lowest BCUT2D eigenvalue weighted by Gasteiger charge is -2.00. The average molecular weight is 193 g/mol. The molecule has 0 aliphatic carbocycles. The lowest BCUT2D eigenvalue weighted by molar-refractivity contribution is 0.386. The summed E-state index contributed by atoms with van der Waals surface area (Å²) < 4.78 is 17.8. The highest BCUT2D eigenvalue weighted by atomic mass is 19.1. The Morgan fingerprint density at radius 1 is 1.50 bits per heavy atom. The summed E-state index contributed by atoms with van der Waals surface area (Å²) >= 11 is 0. The number of nitrogens with two attached hydrogens (primary N) is 1. The third-order valence-corrected chi connectivity index (χ3v) is 1.65. The standard InChI is InChI=1S/C11H12FNO/c1-14-11-8-9(4-2-3-7-13)5-6-10(11)12/h5-6,8H,3,7,13H2,1H3. The molecule has 0 saturated heterocycles. The van der Waals surface area contributed by atoms with Gasteiger partial charge in [-0.15, -0.1) is 0 Å². The Kier molecular flexibility index (Phi) is 3.96. The lowest BCUT2D eigenvalue weighted by Crippen LogP contribution is -1.95. The number of ether oxygens (including phenoxy) is 1. The van der Waals surface area contributed by atoms with Crippen LogP contribution in [0, 0.1) is 17.7 Å². The van der Waals surface area contributed by atoms with Crippen LogP contribution in [0.5, 0.6) is 5.75 Å². The van der Waals surface area contributed by atoms with Crippen LogP contribution in [0.15, 0.2) is 18.2 Å². The Morgan fingerprint density at radius 2 is 2.29 bits per heavy atom. The molecule has 3 heteroatoms. The lowest BCUT2D eigenvalue weighted by atomic mass is 10.2. The Labute approximate surface area is 82.9 Å². The first-order valence-electron chi connectivity index (χ1n) is 4.30. The molecule has 0 spiro atoms. The summed E-state index contributed by atoms with van der Waals surface area (Å²) in [5.41, 5.74) is 6.02. The fourth-order valence-electron chi connectivity index (χ4n) is 0.974. The van der Waals surface area contributed by atoms with Gasteiger partial charge in [0.15, 0.2) is 11.6 Å². The number of rotatable bonds is 2. The van der Waals surface area contributed by atoms with Gasteiger partial charge in [0.1, 0.15) is 0 Å². The van der Waals surface area contributed by atoms with Gasteiger partial charge in [0.05, 0.1) is 7.11 Å². The maximum atomic E-state index is 13.0. The molecule has 0 unspecified atom stereocenters. The molecule has 0 bridgehead atoms. The molecule has 14 heavy (non-hydrogen) atoms. The topological polar surface area (TPSA) is 35.2 Å². The first-order valence-corrected chi connectivity index (χ1v) is 4.30. The summed E-state index contributed by atoms with van der Waals surface area (Å²) in [4.78, 5) is 0. The summed E-state index contributed by atoms with van der Waals surface area (Å²) in [5, 5.41) is 0. The van der Waals surface area contributed by atoms with E-state index < -0.39 is 0 Å². The molecule has 0 aliphatic rings. The fourth-order valence-corrected chi connectivity index (χ4v) is 0.974. The Bertz CT molecular complexity index is 365. The van der Waals surface area contributed by atoms with E-state index in [0.717, 1.165) is 5.56 Å². The van der Waals surface area contributed by atoms with Crippen molar-refractivity contribution in [3.8, 4) is 17.6 Å². The highest BCUT2D eigenvalue weighted by molar-refractivity contribution is 5.40. The van der Waals surface area contributed by atoms with Crippen molar-refractivity contribution < 1.29 is 9.13 Å². The molecular weight excluding hydrogens is 181 g/mol. The van der Waals surface area contributed by atoms with Crippen LogP contribution in [0.3, 0.4) is 0 Å². The molecule has 74 valence electrons. The maximum absolute atomic E-state index is 13.0. The number of halogens is 1. The minimum atomic E-state index is -0.378. The van der Waals surface area contributed by atoms with Gasteiger partial charge in [0, 0.05) is 18.5 Å². The zero-order chi connectivity index (χ0) is 10.4. The van der Waals surface area contributed by atoms with Crippen LogP contribution in [-0.2, 0) is 0 Å².